The third kappa shape index (κ3) is 3.89. The minimum atomic E-state index is 0.145. The lowest BCUT2D eigenvalue weighted by Gasteiger charge is -2.18. The summed E-state index contributed by atoms with van der Waals surface area (Å²) in [6, 6.07) is 4.26. The van der Waals surface area contributed by atoms with Crippen LogP contribution in [0.2, 0.25) is 0 Å². The van der Waals surface area contributed by atoms with Crippen molar-refractivity contribution in [3.8, 4) is 10.6 Å². The first kappa shape index (κ1) is 14.2. The average Bonchev–Trinajstić information content (AvgIpc) is 3.03. The van der Waals surface area contributed by atoms with E-state index in [0.717, 1.165) is 24.2 Å². The number of aliphatic hydroxyl groups excluding tert-OH is 1. The number of hydrogen-bond acceptors (Lipinski definition) is 4. The molecule has 2 aromatic rings. The maximum absolute atomic E-state index is 9.37. The lowest BCUT2D eigenvalue weighted by molar-refractivity contribution is 0.223. The van der Waals surface area contributed by atoms with E-state index >= 15 is 0 Å². The number of rotatable bonds is 7. The van der Waals surface area contributed by atoms with Crippen molar-refractivity contribution in [2.45, 2.75) is 32.9 Å². The molecule has 0 saturated heterocycles. The smallest absolute Gasteiger partial charge is 0.0794 e. The Balaban J connectivity index is 1.98. The molecule has 0 amide bonds. The summed E-state index contributed by atoms with van der Waals surface area (Å²) in [6.07, 6.45) is 2.83. The highest BCUT2D eigenvalue weighted by atomic mass is 32.1. The van der Waals surface area contributed by atoms with Crippen LogP contribution in [0.25, 0.3) is 10.6 Å². The van der Waals surface area contributed by atoms with Crippen LogP contribution in [-0.2, 0) is 6.54 Å². The van der Waals surface area contributed by atoms with E-state index in [-0.39, 0.29) is 12.6 Å². The number of nitrogens with one attached hydrogen (secondary N) is 2. The fourth-order valence-corrected chi connectivity index (χ4v) is 2.88. The van der Waals surface area contributed by atoms with Crippen molar-refractivity contribution >= 4 is 11.3 Å². The Morgan fingerprint density at radius 2 is 2.32 bits per heavy atom. The summed E-state index contributed by atoms with van der Waals surface area (Å²) in [5, 5.41) is 22.0. The summed E-state index contributed by atoms with van der Waals surface area (Å²) in [4.78, 5) is 1.19. The summed E-state index contributed by atoms with van der Waals surface area (Å²) in [5.74, 6) is 0.575. The molecular formula is C14H21N3OS. The van der Waals surface area contributed by atoms with Gasteiger partial charge in [0.15, 0.2) is 0 Å². The molecule has 0 aliphatic rings. The van der Waals surface area contributed by atoms with Crippen LogP contribution >= 0.6 is 11.3 Å². The van der Waals surface area contributed by atoms with Crippen LogP contribution in [0.3, 0.4) is 0 Å². The third-order valence-corrected chi connectivity index (χ3v) is 3.93. The standard InChI is InChI=1S/C14H21N3OS/c1-10(2)6-12(9-18)15-7-11-8-16-17-14(11)13-4-3-5-19-13/h3-5,8,10,12,15,18H,6-7,9H2,1-2H3,(H,16,17). The molecule has 0 aliphatic carbocycles. The Hall–Kier alpha value is -1.17. The van der Waals surface area contributed by atoms with Crippen LogP contribution in [-0.4, -0.2) is 28.0 Å². The quantitative estimate of drug-likeness (QED) is 0.730. The molecule has 0 aliphatic heterocycles. The van der Waals surface area contributed by atoms with E-state index in [1.807, 2.05) is 12.3 Å². The SMILES string of the molecule is CC(C)CC(CO)NCc1cn[nH]c1-c1cccs1. The van der Waals surface area contributed by atoms with Crippen molar-refractivity contribution in [2.75, 3.05) is 6.61 Å². The zero-order valence-corrected chi connectivity index (χ0v) is 12.2. The number of hydrogen-bond donors (Lipinski definition) is 3. The van der Waals surface area contributed by atoms with E-state index < -0.39 is 0 Å². The van der Waals surface area contributed by atoms with Gasteiger partial charge in [0.25, 0.3) is 0 Å². The maximum atomic E-state index is 9.37. The van der Waals surface area contributed by atoms with Gasteiger partial charge < -0.3 is 10.4 Å². The second kappa shape index (κ2) is 6.84. The molecule has 19 heavy (non-hydrogen) atoms. The molecule has 2 heterocycles. The molecule has 4 nitrogen and oxygen atoms in total. The van der Waals surface area contributed by atoms with Crippen molar-refractivity contribution in [3.63, 3.8) is 0 Å². The fraction of sp³-hybridized carbons (Fsp3) is 0.500. The molecule has 0 fully saturated rings. The van der Waals surface area contributed by atoms with Crippen LogP contribution in [0, 0.1) is 5.92 Å². The second-order valence-electron chi connectivity index (χ2n) is 5.14. The summed E-state index contributed by atoms with van der Waals surface area (Å²) < 4.78 is 0. The van der Waals surface area contributed by atoms with E-state index in [1.165, 1.54) is 4.88 Å². The van der Waals surface area contributed by atoms with Gasteiger partial charge >= 0.3 is 0 Å². The lowest BCUT2D eigenvalue weighted by Crippen LogP contribution is -2.33. The van der Waals surface area contributed by atoms with Crippen molar-refractivity contribution < 1.29 is 5.11 Å². The first-order valence-electron chi connectivity index (χ1n) is 6.61. The zero-order valence-electron chi connectivity index (χ0n) is 11.4. The minimum absolute atomic E-state index is 0.145. The Bertz CT molecular complexity index is 479. The van der Waals surface area contributed by atoms with Gasteiger partial charge in [0, 0.05) is 18.2 Å². The number of aromatic amines is 1. The van der Waals surface area contributed by atoms with Crippen molar-refractivity contribution in [3.05, 3.63) is 29.3 Å². The fourth-order valence-electron chi connectivity index (χ4n) is 2.13. The van der Waals surface area contributed by atoms with Gasteiger partial charge in [-0.2, -0.15) is 5.10 Å². The average molecular weight is 279 g/mol. The van der Waals surface area contributed by atoms with Crippen LogP contribution < -0.4 is 5.32 Å². The molecular weight excluding hydrogens is 258 g/mol. The maximum Gasteiger partial charge on any atom is 0.0794 e. The molecule has 0 bridgehead atoms. The normalized spacial score (nSPS) is 13.1. The van der Waals surface area contributed by atoms with Crippen LogP contribution in [0.1, 0.15) is 25.8 Å². The number of aliphatic hydroxyl groups is 1. The molecule has 0 spiro atoms. The van der Waals surface area contributed by atoms with Crippen LogP contribution in [0.15, 0.2) is 23.7 Å². The van der Waals surface area contributed by atoms with E-state index in [4.69, 9.17) is 0 Å². The van der Waals surface area contributed by atoms with Gasteiger partial charge in [-0.15, -0.1) is 11.3 Å². The largest absolute Gasteiger partial charge is 0.395 e. The third-order valence-electron chi connectivity index (χ3n) is 3.04. The van der Waals surface area contributed by atoms with Gasteiger partial charge in [0.2, 0.25) is 0 Å². The monoisotopic (exact) mass is 279 g/mol. The lowest BCUT2D eigenvalue weighted by atomic mass is 10.0. The second-order valence-corrected chi connectivity index (χ2v) is 6.09. The van der Waals surface area contributed by atoms with E-state index in [0.29, 0.717) is 5.92 Å². The van der Waals surface area contributed by atoms with Gasteiger partial charge in [0.05, 0.1) is 23.4 Å². The van der Waals surface area contributed by atoms with E-state index in [9.17, 15) is 5.11 Å². The van der Waals surface area contributed by atoms with Gasteiger partial charge in [0.1, 0.15) is 0 Å². The Morgan fingerprint density at radius 3 is 2.95 bits per heavy atom. The molecule has 2 rings (SSSR count). The Morgan fingerprint density at radius 1 is 1.47 bits per heavy atom. The first-order valence-corrected chi connectivity index (χ1v) is 7.49. The van der Waals surface area contributed by atoms with E-state index in [2.05, 4.69) is 40.8 Å². The minimum Gasteiger partial charge on any atom is -0.395 e. The molecule has 104 valence electrons. The summed E-state index contributed by atoms with van der Waals surface area (Å²) in [5.41, 5.74) is 2.22. The van der Waals surface area contributed by atoms with Crippen molar-refractivity contribution in [1.29, 1.82) is 0 Å². The highest BCUT2D eigenvalue weighted by Gasteiger charge is 2.12. The zero-order chi connectivity index (χ0) is 13.7. The van der Waals surface area contributed by atoms with Gasteiger partial charge in [-0.05, 0) is 23.8 Å². The predicted octanol–water partition coefficient (Wildman–Crippen LogP) is 2.63. The first-order chi connectivity index (χ1) is 9.20. The van der Waals surface area contributed by atoms with Gasteiger partial charge in [-0.25, -0.2) is 0 Å². The van der Waals surface area contributed by atoms with E-state index in [1.54, 1.807) is 11.3 Å². The highest BCUT2D eigenvalue weighted by Crippen LogP contribution is 2.25. The highest BCUT2D eigenvalue weighted by molar-refractivity contribution is 7.13. The molecule has 0 aromatic carbocycles. The Kier molecular flexibility index (Phi) is 5.13. The summed E-state index contributed by atoms with van der Waals surface area (Å²) >= 11 is 1.70. The molecule has 5 heteroatoms. The van der Waals surface area contributed by atoms with Crippen molar-refractivity contribution in [2.24, 2.45) is 5.92 Å². The van der Waals surface area contributed by atoms with Gasteiger partial charge in [-0.3, -0.25) is 5.10 Å². The topological polar surface area (TPSA) is 60.9 Å². The van der Waals surface area contributed by atoms with Crippen LogP contribution in [0.4, 0.5) is 0 Å². The molecule has 3 N–H and O–H groups in total. The van der Waals surface area contributed by atoms with Crippen LogP contribution in [0.5, 0.6) is 0 Å². The number of H-pyrrole nitrogens is 1. The molecule has 1 unspecified atom stereocenters. The molecule has 0 radical (unpaired) electrons. The number of aromatic nitrogens is 2. The summed E-state index contributed by atoms with van der Waals surface area (Å²) in [7, 11) is 0. The molecule has 0 saturated carbocycles. The Labute approximate surface area is 117 Å². The molecule has 2 aromatic heterocycles. The van der Waals surface area contributed by atoms with Gasteiger partial charge in [-0.1, -0.05) is 19.9 Å². The molecule has 1 atom stereocenters. The van der Waals surface area contributed by atoms with Crippen molar-refractivity contribution in [1.82, 2.24) is 15.5 Å². The predicted molar refractivity (Wildman–Crippen MR) is 79.1 cm³/mol. The number of nitrogens with zero attached hydrogens (tertiary/aromatic N) is 1. The summed E-state index contributed by atoms with van der Waals surface area (Å²) in [6.45, 7) is 5.23. The number of thiophene rings is 1.